The summed E-state index contributed by atoms with van der Waals surface area (Å²) in [5.41, 5.74) is 10.2. The van der Waals surface area contributed by atoms with Crippen molar-refractivity contribution in [3.05, 3.63) is 34.9 Å². The lowest BCUT2D eigenvalue weighted by Gasteiger charge is -2.15. The molecule has 0 heterocycles. The topological polar surface area (TPSA) is 26.0 Å². The molecule has 0 aromatic heterocycles. The fourth-order valence-corrected chi connectivity index (χ4v) is 1.76. The summed E-state index contributed by atoms with van der Waals surface area (Å²) >= 11 is 0. The molecule has 0 aliphatic rings. The van der Waals surface area contributed by atoms with E-state index in [1.165, 1.54) is 29.5 Å². The van der Waals surface area contributed by atoms with Gasteiger partial charge < -0.3 is 5.73 Å². The summed E-state index contributed by atoms with van der Waals surface area (Å²) in [5.74, 6) is 0. The summed E-state index contributed by atoms with van der Waals surface area (Å²) in [4.78, 5) is 0. The van der Waals surface area contributed by atoms with Gasteiger partial charge in [0.1, 0.15) is 0 Å². The summed E-state index contributed by atoms with van der Waals surface area (Å²) in [6.07, 6.45) is 3.54. The van der Waals surface area contributed by atoms with Gasteiger partial charge in [-0.25, -0.2) is 0 Å². The van der Waals surface area contributed by atoms with Crippen LogP contribution in [-0.4, -0.2) is 0 Å². The molecule has 0 radical (unpaired) electrons. The van der Waals surface area contributed by atoms with Crippen LogP contribution >= 0.6 is 12.4 Å². The largest absolute Gasteiger partial charge is 0.324 e. The Bertz CT molecular complexity index is 297. The number of hydrogen-bond acceptors (Lipinski definition) is 1. The molecule has 0 aliphatic carbocycles. The molecule has 1 unspecified atom stereocenters. The summed E-state index contributed by atoms with van der Waals surface area (Å²) in [6, 6.07) is 6.62. The maximum atomic E-state index is 6.15. The Hall–Kier alpha value is -0.530. The Kier molecular flexibility index (Phi) is 6.62. The molecule has 1 aromatic carbocycles. The average molecular weight is 228 g/mol. The van der Waals surface area contributed by atoms with Crippen molar-refractivity contribution in [2.24, 2.45) is 5.73 Å². The third-order valence-electron chi connectivity index (χ3n) is 2.91. The number of halogens is 1. The zero-order valence-corrected chi connectivity index (χ0v) is 10.7. The van der Waals surface area contributed by atoms with E-state index >= 15 is 0 Å². The van der Waals surface area contributed by atoms with E-state index in [4.69, 9.17) is 5.73 Å². The summed E-state index contributed by atoms with van der Waals surface area (Å²) in [6.45, 7) is 6.51. The molecule has 1 aromatic rings. The molecular formula is C13H22ClN. The van der Waals surface area contributed by atoms with Crippen molar-refractivity contribution in [2.75, 3.05) is 0 Å². The third-order valence-corrected chi connectivity index (χ3v) is 2.91. The van der Waals surface area contributed by atoms with E-state index in [0.29, 0.717) is 0 Å². The second-order valence-corrected chi connectivity index (χ2v) is 4.04. The van der Waals surface area contributed by atoms with Gasteiger partial charge >= 0.3 is 0 Å². The number of nitrogens with two attached hydrogens (primary N) is 1. The van der Waals surface area contributed by atoms with Crippen LogP contribution in [0.15, 0.2) is 18.2 Å². The van der Waals surface area contributed by atoms with Gasteiger partial charge in [0.2, 0.25) is 0 Å². The summed E-state index contributed by atoms with van der Waals surface area (Å²) < 4.78 is 0. The first-order valence-corrected chi connectivity index (χ1v) is 5.48. The van der Waals surface area contributed by atoms with E-state index in [1.807, 2.05) is 0 Å². The molecule has 0 fully saturated rings. The number of hydrogen-bond donors (Lipinski definition) is 1. The predicted molar refractivity (Wildman–Crippen MR) is 69.6 cm³/mol. The Labute approximate surface area is 99.5 Å². The smallest absolute Gasteiger partial charge is 0.0297 e. The lowest BCUT2D eigenvalue weighted by atomic mass is 9.95. The van der Waals surface area contributed by atoms with Crippen molar-refractivity contribution in [3.8, 4) is 0 Å². The Morgan fingerprint density at radius 2 is 1.93 bits per heavy atom. The second-order valence-electron chi connectivity index (χ2n) is 4.04. The molecule has 0 bridgehead atoms. The Morgan fingerprint density at radius 3 is 2.53 bits per heavy atom. The quantitative estimate of drug-likeness (QED) is 0.829. The zero-order chi connectivity index (χ0) is 10.6. The standard InChI is InChI=1S/C13H21N.ClH/c1-4-5-9-13(14)12-8-6-7-10(2)11(12)3;/h6-8,13H,4-5,9,14H2,1-3H3;1H. The normalized spacial score (nSPS) is 12.0. The minimum atomic E-state index is 0. The van der Waals surface area contributed by atoms with E-state index in [1.54, 1.807) is 0 Å². The van der Waals surface area contributed by atoms with Gasteiger partial charge in [0.05, 0.1) is 0 Å². The van der Waals surface area contributed by atoms with Crippen molar-refractivity contribution < 1.29 is 0 Å². The minimum Gasteiger partial charge on any atom is -0.324 e. The molecule has 2 heteroatoms. The van der Waals surface area contributed by atoms with E-state index in [9.17, 15) is 0 Å². The van der Waals surface area contributed by atoms with Crippen LogP contribution in [-0.2, 0) is 0 Å². The molecule has 0 saturated heterocycles. The molecule has 0 aliphatic heterocycles. The van der Waals surface area contributed by atoms with Crippen LogP contribution in [0.3, 0.4) is 0 Å². The maximum absolute atomic E-state index is 6.15. The van der Waals surface area contributed by atoms with Gasteiger partial charge in [-0.3, -0.25) is 0 Å². The van der Waals surface area contributed by atoms with Crippen molar-refractivity contribution in [1.82, 2.24) is 0 Å². The molecule has 86 valence electrons. The van der Waals surface area contributed by atoms with Gasteiger partial charge in [0, 0.05) is 6.04 Å². The van der Waals surface area contributed by atoms with Crippen LogP contribution < -0.4 is 5.73 Å². The van der Waals surface area contributed by atoms with Gasteiger partial charge in [-0.05, 0) is 37.0 Å². The Balaban J connectivity index is 0.00000196. The van der Waals surface area contributed by atoms with Crippen molar-refractivity contribution in [2.45, 2.75) is 46.1 Å². The van der Waals surface area contributed by atoms with Crippen molar-refractivity contribution in [1.29, 1.82) is 0 Å². The highest BCUT2D eigenvalue weighted by Gasteiger charge is 2.08. The van der Waals surface area contributed by atoms with Gasteiger partial charge in [-0.15, -0.1) is 12.4 Å². The first-order valence-electron chi connectivity index (χ1n) is 5.48. The average Bonchev–Trinajstić information content (AvgIpc) is 2.18. The highest BCUT2D eigenvalue weighted by atomic mass is 35.5. The van der Waals surface area contributed by atoms with Crippen LogP contribution in [0.5, 0.6) is 0 Å². The third kappa shape index (κ3) is 3.84. The molecule has 15 heavy (non-hydrogen) atoms. The number of benzene rings is 1. The van der Waals surface area contributed by atoms with Crippen LogP contribution in [0.25, 0.3) is 0 Å². The first kappa shape index (κ1) is 14.5. The van der Waals surface area contributed by atoms with Gasteiger partial charge in [0.25, 0.3) is 0 Å². The van der Waals surface area contributed by atoms with Gasteiger partial charge in [-0.2, -0.15) is 0 Å². The van der Waals surface area contributed by atoms with Gasteiger partial charge in [0.15, 0.2) is 0 Å². The van der Waals surface area contributed by atoms with Crippen molar-refractivity contribution in [3.63, 3.8) is 0 Å². The molecule has 2 N–H and O–H groups in total. The van der Waals surface area contributed by atoms with Crippen LogP contribution in [0, 0.1) is 13.8 Å². The molecule has 1 atom stereocenters. The second kappa shape index (κ2) is 6.86. The molecule has 1 rings (SSSR count). The highest BCUT2D eigenvalue weighted by molar-refractivity contribution is 5.85. The summed E-state index contributed by atoms with van der Waals surface area (Å²) in [5, 5.41) is 0. The lowest BCUT2D eigenvalue weighted by Crippen LogP contribution is -2.12. The van der Waals surface area contributed by atoms with E-state index in [0.717, 1.165) is 6.42 Å². The van der Waals surface area contributed by atoms with Crippen LogP contribution in [0.4, 0.5) is 0 Å². The molecule has 0 saturated carbocycles. The highest BCUT2D eigenvalue weighted by Crippen LogP contribution is 2.22. The minimum absolute atomic E-state index is 0. The first-order chi connectivity index (χ1) is 6.66. The molecule has 0 spiro atoms. The molecule has 1 nitrogen and oxygen atoms in total. The number of rotatable bonds is 4. The van der Waals surface area contributed by atoms with E-state index in [-0.39, 0.29) is 18.4 Å². The van der Waals surface area contributed by atoms with E-state index < -0.39 is 0 Å². The molecular weight excluding hydrogens is 206 g/mol. The fraction of sp³-hybridized carbons (Fsp3) is 0.538. The van der Waals surface area contributed by atoms with Crippen molar-refractivity contribution >= 4 is 12.4 Å². The van der Waals surface area contributed by atoms with Crippen LogP contribution in [0.2, 0.25) is 0 Å². The number of aryl methyl sites for hydroxylation is 1. The van der Waals surface area contributed by atoms with E-state index in [2.05, 4.69) is 39.0 Å². The monoisotopic (exact) mass is 227 g/mol. The lowest BCUT2D eigenvalue weighted by molar-refractivity contribution is 0.600. The maximum Gasteiger partial charge on any atom is 0.0297 e. The van der Waals surface area contributed by atoms with Crippen LogP contribution in [0.1, 0.15) is 48.9 Å². The number of unbranched alkanes of at least 4 members (excludes halogenated alkanes) is 1. The summed E-state index contributed by atoms with van der Waals surface area (Å²) in [7, 11) is 0. The van der Waals surface area contributed by atoms with Gasteiger partial charge in [-0.1, -0.05) is 38.0 Å². The SMILES string of the molecule is CCCCC(N)c1cccc(C)c1C.Cl. The zero-order valence-electron chi connectivity index (χ0n) is 9.92. The Morgan fingerprint density at radius 1 is 1.27 bits per heavy atom. The predicted octanol–water partition coefficient (Wildman–Crippen LogP) is 3.92. The fourth-order valence-electron chi connectivity index (χ4n) is 1.76. The molecule has 0 amide bonds.